The maximum absolute atomic E-state index is 11.9. The first-order valence-corrected chi connectivity index (χ1v) is 5.59. The smallest absolute Gasteiger partial charge is 0.268 e. The number of hydrogen-bond donors (Lipinski definition) is 2. The molecule has 0 aliphatic carbocycles. The van der Waals surface area contributed by atoms with Crippen LogP contribution in [0.2, 0.25) is 0 Å². The largest absolute Gasteiger partial charge is 0.396 e. The van der Waals surface area contributed by atoms with Gasteiger partial charge in [0.05, 0.1) is 0 Å². The van der Waals surface area contributed by atoms with E-state index >= 15 is 0 Å². The number of aliphatic hydroxyl groups excluding tert-OH is 1. The van der Waals surface area contributed by atoms with E-state index in [4.69, 9.17) is 5.11 Å². The number of nitrogens with one attached hydrogen (secondary N) is 1. The van der Waals surface area contributed by atoms with Crippen LogP contribution in [-0.4, -0.2) is 28.2 Å². The summed E-state index contributed by atoms with van der Waals surface area (Å²) < 4.78 is 1.78. The quantitative estimate of drug-likeness (QED) is 0.788. The SMILES string of the molecule is CC(C)C(CCO)NC(=O)c1cccn1C. The number of rotatable bonds is 5. The molecule has 0 radical (unpaired) electrons. The van der Waals surface area contributed by atoms with Crippen LogP contribution >= 0.6 is 0 Å². The average molecular weight is 224 g/mol. The molecule has 0 bridgehead atoms. The van der Waals surface area contributed by atoms with Crippen molar-refractivity contribution in [2.24, 2.45) is 13.0 Å². The Morgan fingerprint density at radius 3 is 2.69 bits per heavy atom. The summed E-state index contributed by atoms with van der Waals surface area (Å²) in [5, 5.41) is 11.9. The molecule has 1 aromatic rings. The minimum absolute atomic E-state index is 0.0207. The molecule has 1 aromatic heterocycles. The Morgan fingerprint density at radius 1 is 1.56 bits per heavy atom. The first-order chi connectivity index (χ1) is 7.56. The number of amides is 1. The van der Waals surface area contributed by atoms with Gasteiger partial charge in [0.2, 0.25) is 0 Å². The first kappa shape index (κ1) is 12.8. The molecule has 0 spiro atoms. The molecule has 1 unspecified atom stereocenters. The number of nitrogens with zero attached hydrogens (tertiary/aromatic N) is 1. The summed E-state index contributed by atoms with van der Waals surface area (Å²) in [7, 11) is 1.84. The lowest BCUT2D eigenvalue weighted by Crippen LogP contribution is -2.39. The highest BCUT2D eigenvalue weighted by atomic mass is 16.3. The maximum Gasteiger partial charge on any atom is 0.268 e. The Balaban J connectivity index is 2.65. The summed E-state index contributed by atoms with van der Waals surface area (Å²) >= 11 is 0. The highest BCUT2D eigenvalue weighted by molar-refractivity contribution is 5.92. The van der Waals surface area contributed by atoms with Gasteiger partial charge in [0, 0.05) is 25.9 Å². The maximum atomic E-state index is 11.9. The Kier molecular flexibility index (Phi) is 4.55. The van der Waals surface area contributed by atoms with Crippen molar-refractivity contribution in [2.45, 2.75) is 26.3 Å². The Morgan fingerprint density at radius 2 is 2.25 bits per heavy atom. The standard InChI is InChI=1S/C12H20N2O2/c1-9(2)10(6-8-15)13-12(16)11-5-4-7-14(11)3/h4-5,7,9-10,15H,6,8H2,1-3H3,(H,13,16). The fourth-order valence-electron chi connectivity index (χ4n) is 1.65. The van der Waals surface area contributed by atoms with Gasteiger partial charge in [0.1, 0.15) is 5.69 Å². The first-order valence-electron chi connectivity index (χ1n) is 5.59. The fraction of sp³-hybridized carbons (Fsp3) is 0.583. The van der Waals surface area contributed by atoms with Crippen LogP contribution in [0.15, 0.2) is 18.3 Å². The molecule has 4 nitrogen and oxygen atoms in total. The van der Waals surface area contributed by atoms with E-state index in [0.717, 1.165) is 0 Å². The van der Waals surface area contributed by atoms with Gasteiger partial charge in [-0.15, -0.1) is 0 Å². The topological polar surface area (TPSA) is 54.3 Å². The molecule has 4 heteroatoms. The zero-order valence-corrected chi connectivity index (χ0v) is 10.1. The van der Waals surface area contributed by atoms with Gasteiger partial charge < -0.3 is 15.0 Å². The predicted octanol–water partition coefficient (Wildman–Crippen LogP) is 1.16. The van der Waals surface area contributed by atoms with Gasteiger partial charge >= 0.3 is 0 Å². The normalized spacial score (nSPS) is 12.8. The molecule has 16 heavy (non-hydrogen) atoms. The number of aromatic nitrogens is 1. The lowest BCUT2D eigenvalue weighted by molar-refractivity contribution is 0.0908. The summed E-state index contributed by atoms with van der Waals surface area (Å²) in [6.45, 7) is 4.16. The molecule has 0 aliphatic heterocycles. The Hall–Kier alpha value is -1.29. The molecule has 1 rings (SSSR count). The predicted molar refractivity (Wildman–Crippen MR) is 63.2 cm³/mol. The molecule has 2 N–H and O–H groups in total. The van der Waals surface area contributed by atoms with Crippen LogP contribution in [0.25, 0.3) is 0 Å². The van der Waals surface area contributed by atoms with Crippen molar-refractivity contribution in [3.05, 3.63) is 24.0 Å². The van der Waals surface area contributed by atoms with Crippen LogP contribution in [0.3, 0.4) is 0 Å². The van der Waals surface area contributed by atoms with E-state index in [0.29, 0.717) is 18.0 Å². The van der Waals surface area contributed by atoms with Crippen LogP contribution in [-0.2, 0) is 7.05 Å². The van der Waals surface area contributed by atoms with Crippen LogP contribution < -0.4 is 5.32 Å². The van der Waals surface area contributed by atoms with Gasteiger partial charge in [-0.05, 0) is 24.5 Å². The number of carbonyl (C=O) groups is 1. The number of hydrogen-bond acceptors (Lipinski definition) is 2. The molecule has 1 amide bonds. The Labute approximate surface area is 96.3 Å². The molecule has 0 saturated carbocycles. The summed E-state index contributed by atoms with van der Waals surface area (Å²) in [4.78, 5) is 11.9. The number of carbonyl (C=O) groups excluding carboxylic acids is 1. The van der Waals surface area contributed by atoms with E-state index < -0.39 is 0 Å². The highest BCUT2D eigenvalue weighted by Crippen LogP contribution is 2.07. The molecule has 0 fully saturated rings. The van der Waals surface area contributed by atoms with Gasteiger partial charge in [-0.3, -0.25) is 4.79 Å². The van der Waals surface area contributed by atoms with Crippen LogP contribution in [0.1, 0.15) is 30.8 Å². The molecule has 0 saturated heterocycles. The number of aryl methyl sites for hydroxylation is 1. The summed E-state index contributed by atoms with van der Waals surface area (Å²) in [6, 6.07) is 3.64. The van der Waals surface area contributed by atoms with Crippen LogP contribution in [0, 0.1) is 5.92 Å². The zero-order chi connectivity index (χ0) is 12.1. The highest BCUT2D eigenvalue weighted by Gasteiger charge is 2.17. The molecule has 1 heterocycles. The van der Waals surface area contributed by atoms with E-state index in [2.05, 4.69) is 5.32 Å². The third-order valence-electron chi connectivity index (χ3n) is 2.74. The molecular weight excluding hydrogens is 204 g/mol. The minimum atomic E-state index is -0.0837. The zero-order valence-electron chi connectivity index (χ0n) is 10.1. The van der Waals surface area contributed by atoms with Gasteiger partial charge in [-0.2, -0.15) is 0 Å². The van der Waals surface area contributed by atoms with Crippen LogP contribution in [0.5, 0.6) is 0 Å². The van der Waals surface area contributed by atoms with Crippen LogP contribution in [0.4, 0.5) is 0 Å². The van der Waals surface area contributed by atoms with Crippen molar-refractivity contribution in [3.63, 3.8) is 0 Å². The van der Waals surface area contributed by atoms with Gasteiger partial charge in [0.15, 0.2) is 0 Å². The lowest BCUT2D eigenvalue weighted by atomic mass is 10.0. The van der Waals surface area contributed by atoms with E-state index in [1.165, 1.54) is 0 Å². The minimum Gasteiger partial charge on any atom is -0.396 e. The molecule has 0 aromatic carbocycles. The van der Waals surface area contributed by atoms with E-state index in [9.17, 15) is 4.79 Å². The molecule has 90 valence electrons. The van der Waals surface area contributed by atoms with Crippen molar-refractivity contribution in [2.75, 3.05) is 6.61 Å². The third-order valence-corrected chi connectivity index (χ3v) is 2.74. The monoisotopic (exact) mass is 224 g/mol. The van der Waals surface area contributed by atoms with E-state index in [1.807, 2.05) is 33.2 Å². The van der Waals surface area contributed by atoms with Crippen molar-refractivity contribution < 1.29 is 9.90 Å². The van der Waals surface area contributed by atoms with Crippen molar-refractivity contribution >= 4 is 5.91 Å². The van der Waals surface area contributed by atoms with Crippen molar-refractivity contribution in [1.82, 2.24) is 9.88 Å². The fourth-order valence-corrected chi connectivity index (χ4v) is 1.65. The second kappa shape index (κ2) is 5.70. The summed E-state index contributed by atoms with van der Waals surface area (Å²) in [5.74, 6) is 0.232. The van der Waals surface area contributed by atoms with Crippen molar-refractivity contribution in [1.29, 1.82) is 0 Å². The third kappa shape index (κ3) is 3.10. The second-order valence-electron chi connectivity index (χ2n) is 4.34. The van der Waals surface area contributed by atoms with E-state index in [1.54, 1.807) is 10.6 Å². The summed E-state index contributed by atoms with van der Waals surface area (Å²) in [5.41, 5.74) is 0.642. The lowest BCUT2D eigenvalue weighted by Gasteiger charge is -2.21. The molecule has 1 atom stereocenters. The average Bonchev–Trinajstić information content (AvgIpc) is 2.63. The summed E-state index contributed by atoms with van der Waals surface area (Å²) in [6.07, 6.45) is 2.43. The Bertz CT molecular complexity index is 345. The molecular formula is C12H20N2O2. The van der Waals surface area contributed by atoms with Gasteiger partial charge in [-0.1, -0.05) is 13.8 Å². The van der Waals surface area contributed by atoms with Crippen molar-refractivity contribution in [3.8, 4) is 0 Å². The van der Waals surface area contributed by atoms with E-state index in [-0.39, 0.29) is 18.6 Å². The second-order valence-corrected chi connectivity index (χ2v) is 4.34. The van der Waals surface area contributed by atoms with Gasteiger partial charge in [-0.25, -0.2) is 0 Å². The molecule has 0 aliphatic rings. The number of aliphatic hydroxyl groups is 1. The van der Waals surface area contributed by atoms with Gasteiger partial charge in [0.25, 0.3) is 5.91 Å².